The largest absolute Gasteiger partial charge is 0.495 e. The van der Waals surface area contributed by atoms with Crippen LogP contribution in [0.5, 0.6) is 5.75 Å². The number of fused-ring (bicyclic) bond motifs is 5. The zero-order valence-electron chi connectivity index (χ0n) is 29.6. The molecule has 282 valence electrons. The van der Waals surface area contributed by atoms with Crippen LogP contribution in [-0.2, 0) is 25.4 Å². The highest BCUT2D eigenvalue weighted by atomic mass is 35.5. The Hall–Kier alpha value is -4.44. The van der Waals surface area contributed by atoms with Crippen LogP contribution in [0.1, 0.15) is 45.6 Å². The fourth-order valence-electron chi connectivity index (χ4n) is 7.13. The molecule has 13 nitrogen and oxygen atoms in total. The highest BCUT2D eigenvalue weighted by Gasteiger charge is 2.73. The normalized spacial score (nSPS) is 32.4. The Kier molecular flexibility index (Phi) is 10.8. The summed E-state index contributed by atoms with van der Waals surface area (Å²) in [6, 6.07) is 4.82. The first-order valence-corrected chi connectivity index (χ1v) is 16.9. The van der Waals surface area contributed by atoms with E-state index in [1.54, 1.807) is 44.2 Å². The van der Waals surface area contributed by atoms with Crippen molar-refractivity contribution < 1.29 is 52.3 Å². The van der Waals surface area contributed by atoms with E-state index < -0.39 is 88.5 Å². The van der Waals surface area contributed by atoms with Gasteiger partial charge in [0.05, 0.1) is 36.2 Å². The third kappa shape index (κ3) is 7.40. The van der Waals surface area contributed by atoms with Crippen LogP contribution in [0, 0.1) is 23.0 Å². The first kappa shape index (κ1) is 38.8. The summed E-state index contributed by atoms with van der Waals surface area (Å²) in [5.41, 5.74) is 1.27. The van der Waals surface area contributed by atoms with Crippen LogP contribution < -0.4 is 26.0 Å². The lowest BCUT2D eigenvalue weighted by molar-refractivity contribution is -0.154. The number of benzene rings is 2. The van der Waals surface area contributed by atoms with E-state index in [1.807, 2.05) is 6.92 Å². The summed E-state index contributed by atoms with van der Waals surface area (Å²) < 4.78 is 51.2. The third-order valence-corrected chi connectivity index (χ3v) is 10.8. The summed E-state index contributed by atoms with van der Waals surface area (Å²) in [4.78, 5) is 41.4. The average molecular weight is 749 g/mol. The Morgan fingerprint density at radius 2 is 1.88 bits per heavy atom. The van der Waals surface area contributed by atoms with Crippen LogP contribution in [0.15, 0.2) is 48.1 Å². The molecule has 0 spiro atoms. The minimum Gasteiger partial charge on any atom is -0.495 e. The van der Waals surface area contributed by atoms with E-state index in [4.69, 9.17) is 36.3 Å². The zero-order valence-corrected chi connectivity index (χ0v) is 30.3. The summed E-state index contributed by atoms with van der Waals surface area (Å²) >= 11 is 6.69. The maximum Gasteiger partial charge on any atom is 0.412 e. The van der Waals surface area contributed by atoms with E-state index in [0.29, 0.717) is 30.0 Å². The number of nitrogens with one attached hydrogen (secondary N) is 2. The van der Waals surface area contributed by atoms with Gasteiger partial charge in [0.1, 0.15) is 40.7 Å². The predicted octanol–water partition coefficient (Wildman–Crippen LogP) is 5.22. The monoisotopic (exact) mass is 748 g/mol. The lowest BCUT2D eigenvalue weighted by Gasteiger charge is -2.43. The minimum atomic E-state index is -1.95. The smallest absolute Gasteiger partial charge is 0.412 e. The van der Waals surface area contributed by atoms with Gasteiger partial charge in [0.2, 0.25) is 5.91 Å². The molecule has 2 aromatic carbocycles. The van der Waals surface area contributed by atoms with Crippen molar-refractivity contribution in [2.75, 3.05) is 37.2 Å². The van der Waals surface area contributed by atoms with Gasteiger partial charge in [-0.15, -0.1) is 0 Å². The summed E-state index contributed by atoms with van der Waals surface area (Å²) in [6.45, 7) is 5.07. The molecule has 7 atom stereocenters. The molecule has 0 aromatic heterocycles. The molecule has 2 fully saturated rings. The fraction of sp³-hybridized carbons (Fsp3) is 0.472. The Balaban J connectivity index is 1.58. The molecule has 16 heteroatoms. The van der Waals surface area contributed by atoms with Crippen molar-refractivity contribution in [3.8, 4) is 5.75 Å². The standard InChI is InChI=1S/C36H43ClF2N4O9/c1-18-8-7-9-28(50-6)36(48)16-27(51-33(46)42-36)19(2)35(47)17-34(35,3)29(52-32(45)41-24-14-21(38)23(40)13-22(24)39)15-30(44)43(4)25-11-20(10-18)12-26(49-5)31(25)37/h7-9,11-14,19,27-29,47-48H,10,15-17,40H2,1-6H3,(H,41,45)(H,42,46)/b9-7+,18-8+/t19-,27+,28-,29+,34+,35-,36+/m1/s1. The number of alkyl carbamates (subject to hydrolysis) is 1. The highest BCUT2D eigenvalue weighted by Crippen LogP contribution is 2.64. The van der Waals surface area contributed by atoms with Crippen LogP contribution in [0.3, 0.4) is 0 Å². The second-order valence-electron chi connectivity index (χ2n) is 13.9. The average Bonchev–Trinajstić information content (AvgIpc) is 3.66. The Bertz CT molecular complexity index is 1830. The second-order valence-corrected chi connectivity index (χ2v) is 14.3. The lowest BCUT2D eigenvalue weighted by Crippen LogP contribution is -2.64. The number of nitrogens with two attached hydrogens (primary N) is 1. The molecule has 4 bridgehead atoms. The number of nitrogen functional groups attached to an aromatic ring is 1. The Morgan fingerprint density at radius 3 is 2.56 bits per heavy atom. The van der Waals surface area contributed by atoms with Crippen molar-refractivity contribution in [1.82, 2.24) is 5.32 Å². The molecule has 0 unspecified atom stereocenters. The summed E-state index contributed by atoms with van der Waals surface area (Å²) in [6.07, 6.45) is -0.942. The molecular formula is C36H43ClF2N4O9. The van der Waals surface area contributed by atoms with Gasteiger partial charge in [0.25, 0.3) is 0 Å². The molecule has 1 aliphatic carbocycles. The number of halogens is 3. The number of carbonyl (C=O) groups is 3. The summed E-state index contributed by atoms with van der Waals surface area (Å²) in [5, 5.41) is 28.6. The number of amides is 3. The number of aliphatic hydroxyl groups is 2. The maximum absolute atomic E-state index is 14.6. The minimum absolute atomic E-state index is 0.0391. The van der Waals surface area contributed by atoms with Gasteiger partial charge in [0.15, 0.2) is 5.72 Å². The molecule has 6 N–H and O–H groups in total. The predicted molar refractivity (Wildman–Crippen MR) is 188 cm³/mol. The zero-order chi connectivity index (χ0) is 38.3. The Labute approximate surface area is 304 Å². The number of anilines is 3. The first-order valence-electron chi connectivity index (χ1n) is 16.5. The topological polar surface area (TPSA) is 182 Å². The first-order chi connectivity index (χ1) is 24.3. The van der Waals surface area contributed by atoms with E-state index in [1.165, 1.54) is 26.2 Å². The fourth-order valence-corrected chi connectivity index (χ4v) is 7.44. The molecule has 1 saturated heterocycles. The highest BCUT2D eigenvalue weighted by molar-refractivity contribution is 6.35. The van der Waals surface area contributed by atoms with Gasteiger partial charge in [0, 0.05) is 44.0 Å². The van der Waals surface area contributed by atoms with Crippen molar-refractivity contribution in [2.45, 2.75) is 76.1 Å². The van der Waals surface area contributed by atoms with Crippen LogP contribution in [0.2, 0.25) is 5.02 Å². The molecule has 2 aromatic rings. The van der Waals surface area contributed by atoms with Gasteiger partial charge < -0.3 is 39.8 Å². The Morgan fingerprint density at radius 1 is 1.17 bits per heavy atom. The number of allylic oxidation sites excluding steroid dienone is 3. The molecule has 3 amide bonds. The SMILES string of the molecule is COc1cc2cc(c1Cl)N(C)C(=O)C[C@H](OC(=O)Nc1cc(F)c(N)cc1F)[C@]1(C)C[C@@]1(O)[C@H](C)[C@@H]1C[C@@](O)(NC(=O)O1)[C@H](OC)/C=C/C=C(\C)C2. The van der Waals surface area contributed by atoms with Crippen LogP contribution in [0.4, 0.5) is 35.4 Å². The van der Waals surface area contributed by atoms with Crippen LogP contribution >= 0.6 is 11.6 Å². The molecule has 1 saturated carbocycles. The van der Waals surface area contributed by atoms with E-state index in [0.717, 1.165) is 11.1 Å². The van der Waals surface area contributed by atoms with Gasteiger partial charge in [-0.05, 0) is 37.5 Å². The van der Waals surface area contributed by atoms with E-state index in [9.17, 15) is 33.4 Å². The molecule has 3 aliphatic rings. The summed E-state index contributed by atoms with van der Waals surface area (Å²) in [5.74, 6) is -3.18. The number of hydrogen-bond acceptors (Lipinski definition) is 10. The van der Waals surface area contributed by atoms with Crippen molar-refractivity contribution in [1.29, 1.82) is 0 Å². The van der Waals surface area contributed by atoms with Crippen molar-refractivity contribution in [3.05, 3.63) is 70.3 Å². The van der Waals surface area contributed by atoms with Crippen molar-refractivity contribution >= 4 is 46.8 Å². The third-order valence-electron chi connectivity index (χ3n) is 10.5. The quantitative estimate of drug-likeness (QED) is 0.260. The molecule has 5 rings (SSSR count). The number of ether oxygens (including phenoxy) is 4. The van der Waals surface area contributed by atoms with Gasteiger partial charge >= 0.3 is 12.2 Å². The molecule has 0 radical (unpaired) electrons. The number of hydrogen-bond donors (Lipinski definition) is 5. The number of methoxy groups -OCH3 is 2. The molecule has 52 heavy (non-hydrogen) atoms. The molecular weight excluding hydrogens is 706 g/mol. The maximum atomic E-state index is 14.6. The van der Waals surface area contributed by atoms with Gasteiger partial charge in [-0.2, -0.15) is 0 Å². The van der Waals surface area contributed by atoms with E-state index >= 15 is 0 Å². The second kappa shape index (κ2) is 14.5. The molecule has 2 heterocycles. The van der Waals surface area contributed by atoms with Gasteiger partial charge in [-0.25, -0.2) is 18.4 Å². The van der Waals surface area contributed by atoms with E-state index in [2.05, 4.69) is 10.6 Å². The molecule has 2 aliphatic heterocycles. The van der Waals surface area contributed by atoms with Crippen molar-refractivity contribution in [2.24, 2.45) is 11.3 Å². The van der Waals surface area contributed by atoms with Crippen LogP contribution in [-0.4, -0.2) is 79.2 Å². The van der Waals surface area contributed by atoms with E-state index in [-0.39, 0.29) is 17.9 Å². The van der Waals surface area contributed by atoms with Gasteiger partial charge in [-0.1, -0.05) is 49.2 Å². The summed E-state index contributed by atoms with van der Waals surface area (Å²) in [7, 11) is 4.29. The number of rotatable bonds is 4. The lowest BCUT2D eigenvalue weighted by atomic mass is 9.81. The van der Waals surface area contributed by atoms with Crippen LogP contribution in [0.25, 0.3) is 0 Å². The van der Waals surface area contributed by atoms with Crippen molar-refractivity contribution in [3.63, 3.8) is 0 Å². The van der Waals surface area contributed by atoms with Gasteiger partial charge in [-0.3, -0.25) is 15.4 Å². The number of carbonyl (C=O) groups excluding carboxylic acids is 3. The number of nitrogens with zero attached hydrogens (tertiary/aromatic N) is 1.